The molecule has 3 aromatic rings. The van der Waals surface area contributed by atoms with Gasteiger partial charge >= 0.3 is 6.18 Å². The second-order valence-corrected chi connectivity index (χ2v) is 6.55. The lowest BCUT2D eigenvalue weighted by Crippen LogP contribution is -2.33. The minimum absolute atomic E-state index is 0. The van der Waals surface area contributed by atoms with E-state index in [0.29, 0.717) is 12.3 Å². The Kier molecular flexibility index (Phi) is 6.88. The molecule has 0 spiro atoms. The second-order valence-electron chi connectivity index (χ2n) is 6.55. The molecule has 164 valence electrons. The number of aromatic nitrogens is 4. The molecule has 0 bridgehead atoms. The van der Waals surface area contributed by atoms with Crippen LogP contribution in [0.4, 0.5) is 18.9 Å². The van der Waals surface area contributed by atoms with Crippen LogP contribution >= 0.6 is 12.4 Å². The van der Waals surface area contributed by atoms with E-state index in [-0.39, 0.29) is 30.0 Å². The molecule has 1 amide bonds. The molecule has 1 aliphatic heterocycles. The van der Waals surface area contributed by atoms with Crippen molar-refractivity contribution >= 4 is 24.0 Å². The zero-order valence-electron chi connectivity index (χ0n) is 16.0. The minimum Gasteiger partial charge on any atom is -0.371 e. The third-order valence-electron chi connectivity index (χ3n) is 4.45. The van der Waals surface area contributed by atoms with E-state index in [1.165, 1.54) is 12.4 Å². The fourth-order valence-corrected chi connectivity index (χ4v) is 2.93. The zero-order chi connectivity index (χ0) is 21.1. The van der Waals surface area contributed by atoms with Crippen molar-refractivity contribution in [2.24, 2.45) is 0 Å². The van der Waals surface area contributed by atoms with Crippen molar-refractivity contribution in [3.05, 3.63) is 65.7 Å². The molecule has 0 radical (unpaired) electrons. The first kappa shape index (κ1) is 22.7. The van der Waals surface area contributed by atoms with Gasteiger partial charge in [0.05, 0.1) is 24.5 Å². The molecule has 2 aromatic heterocycles. The number of hydrogen-bond acceptors (Lipinski definition) is 6. The highest BCUT2D eigenvalue weighted by Crippen LogP contribution is 2.27. The van der Waals surface area contributed by atoms with Crippen molar-refractivity contribution in [2.75, 3.05) is 25.0 Å². The molecule has 1 atom stereocenters. The van der Waals surface area contributed by atoms with E-state index in [1.807, 2.05) is 12.1 Å². The molecule has 1 fully saturated rings. The van der Waals surface area contributed by atoms with Crippen LogP contribution in [0.5, 0.6) is 0 Å². The van der Waals surface area contributed by atoms with Gasteiger partial charge in [0.2, 0.25) is 0 Å². The number of alkyl halides is 3. The molecule has 0 saturated carbocycles. The summed E-state index contributed by atoms with van der Waals surface area (Å²) in [7, 11) is 0. The summed E-state index contributed by atoms with van der Waals surface area (Å²) in [6, 6.07) is 8.01. The summed E-state index contributed by atoms with van der Waals surface area (Å²) in [5.41, 5.74) is 0.622. The van der Waals surface area contributed by atoms with Gasteiger partial charge in [0.1, 0.15) is 5.69 Å². The molecule has 0 aliphatic carbocycles. The SMILES string of the molecule is Cl.O=C(Nc1ccc([C@H]2CNCCO2)cc1)c1cnn(-c2nccc(C(F)(F)F)n2)c1. The molecule has 31 heavy (non-hydrogen) atoms. The Morgan fingerprint density at radius 3 is 2.68 bits per heavy atom. The van der Waals surface area contributed by atoms with Gasteiger partial charge in [-0.25, -0.2) is 14.6 Å². The van der Waals surface area contributed by atoms with Gasteiger partial charge in [-0.05, 0) is 23.8 Å². The van der Waals surface area contributed by atoms with E-state index in [0.717, 1.165) is 35.6 Å². The topological polar surface area (TPSA) is 94.0 Å². The fourth-order valence-electron chi connectivity index (χ4n) is 2.93. The van der Waals surface area contributed by atoms with Crippen molar-refractivity contribution in [3.63, 3.8) is 0 Å². The summed E-state index contributed by atoms with van der Waals surface area (Å²) in [6.07, 6.45) is -1.15. The van der Waals surface area contributed by atoms with Gasteiger partial charge in [-0.15, -0.1) is 12.4 Å². The number of nitrogens with one attached hydrogen (secondary N) is 2. The Morgan fingerprint density at radius 2 is 2.00 bits per heavy atom. The number of amides is 1. The highest BCUT2D eigenvalue weighted by molar-refractivity contribution is 6.03. The lowest BCUT2D eigenvalue weighted by atomic mass is 10.1. The van der Waals surface area contributed by atoms with Crippen LogP contribution in [0.15, 0.2) is 48.9 Å². The van der Waals surface area contributed by atoms with Crippen LogP contribution in [-0.2, 0) is 10.9 Å². The molecule has 12 heteroatoms. The van der Waals surface area contributed by atoms with Crippen LogP contribution in [-0.4, -0.2) is 45.4 Å². The predicted octanol–water partition coefficient (Wildman–Crippen LogP) is 3.02. The highest BCUT2D eigenvalue weighted by Gasteiger charge is 2.33. The molecule has 8 nitrogen and oxygen atoms in total. The van der Waals surface area contributed by atoms with E-state index in [4.69, 9.17) is 4.74 Å². The third-order valence-corrected chi connectivity index (χ3v) is 4.45. The summed E-state index contributed by atoms with van der Waals surface area (Å²) in [5.74, 6) is -0.745. The first-order valence-electron chi connectivity index (χ1n) is 9.09. The Labute approximate surface area is 181 Å². The van der Waals surface area contributed by atoms with Crippen LogP contribution in [0.3, 0.4) is 0 Å². The number of hydrogen-bond donors (Lipinski definition) is 2. The molecule has 1 aliphatic rings. The van der Waals surface area contributed by atoms with Gasteiger partial charge < -0.3 is 15.4 Å². The van der Waals surface area contributed by atoms with Crippen LogP contribution in [0.2, 0.25) is 0 Å². The summed E-state index contributed by atoms with van der Waals surface area (Å²) in [5, 5.41) is 9.86. The molecular weight excluding hydrogens is 437 g/mol. The number of morpholine rings is 1. The molecule has 3 heterocycles. The molecule has 2 N–H and O–H groups in total. The lowest BCUT2D eigenvalue weighted by molar-refractivity contribution is -0.141. The van der Waals surface area contributed by atoms with Gasteiger partial charge in [0.25, 0.3) is 11.9 Å². The summed E-state index contributed by atoms with van der Waals surface area (Å²) < 4.78 is 45.1. The predicted molar refractivity (Wildman–Crippen MR) is 107 cm³/mol. The third kappa shape index (κ3) is 5.37. The quantitative estimate of drug-likeness (QED) is 0.629. The molecule has 4 rings (SSSR count). The molecular formula is C19H18ClF3N6O2. The van der Waals surface area contributed by atoms with Crippen LogP contribution in [0.25, 0.3) is 5.95 Å². The maximum absolute atomic E-state index is 12.8. The first-order chi connectivity index (χ1) is 14.4. The van der Waals surface area contributed by atoms with Crippen molar-refractivity contribution < 1.29 is 22.7 Å². The molecule has 0 unspecified atom stereocenters. The number of benzene rings is 1. The standard InChI is InChI=1S/C19H17F3N6O2.ClH/c20-19(21,22)16-5-6-24-18(27-16)28-11-13(9-25-28)17(29)26-14-3-1-12(2-4-14)15-10-23-7-8-30-15;/h1-6,9,11,15,23H,7-8,10H2,(H,26,29);1H/t15-;/m1./s1. The van der Waals surface area contributed by atoms with E-state index < -0.39 is 17.8 Å². The average Bonchev–Trinajstić information content (AvgIpc) is 3.25. The number of anilines is 1. The van der Waals surface area contributed by atoms with Crippen molar-refractivity contribution in [3.8, 4) is 5.95 Å². The first-order valence-corrected chi connectivity index (χ1v) is 9.09. The summed E-state index contributed by atoms with van der Waals surface area (Å²) in [6.45, 7) is 2.19. The van der Waals surface area contributed by atoms with Crippen molar-refractivity contribution in [2.45, 2.75) is 12.3 Å². The molecule has 1 saturated heterocycles. The minimum atomic E-state index is -4.60. The highest BCUT2D eigenvalue weighted by atomic mass is 35.5. The van der Waals surface area contributed by atoms with Crippen molar-refractivity contribution in [1.82, 2.24) is 25.1 Å². The largest absolute Gasteiger partial charge is 0.433 e. The van der Waals surface area contributed by atoms with Crippen LogP contribution < -0.4 is 10.6 Å². The Hall–Kier alpha value is -3.02. The van der Waals surface area contributed by atoms with Gasteiger partial charge in [-0.2, -0.15) is 18.3 Å². The molecule has 1 aromatic carbocycles. The number of halogens is 4. The Morgan fingerprint density at radius 1 is 1.23 bits per heavy atom. The number of rotatable bonds is 4. The van der Waals surface area contributed by atoms with E-state index in [1.54, 1.807) is 12.1 Å². The summed E-state index contributed by atoms with van der Waals surface area (Å²) in [4.78, 5) is 19.7. The lowest BCUT2D eigenvalue weighted by Gasteiger charge is -2.24. The van der Waals surface area contributed by atoms with Gasteiger partial charge in [0, 0.05) is 31.2 Å². The Balaban J connectivity index is 0.00000272. The maximum atomic E-state index is 12.8. The maximum Gasteiger partial charge on any atom is 0.433 e. The average molecular weight is 455 g/mol. The van der Waals surface area contributed by atoms with Crippen molar-refractivity contribution in [1.29, 1.82) is 0 Å². The zero-order valence-corrected chi connectivity index (χ0v) is 16.8. The Bertz CT molecular complexity index is 1040. The van der Waals surface area contributed by atoms with Crippen LogP contribution in [0.1, 0.15) is 27.7 Å². The monoisotopic (exact) mass is 454 g/mol. The van der Waals surface area contributed by atoms with Gasteiger partial charge in [0.15, 0.2) is 0 Å². The fraction of sp³-hybridized carbons (Fsp3) is 0.263. The normalized spacial score (nSPS) is 16.4. The van der Waals surface area contributed by atoms with E-state index in [2.05, 4.69) is 25.7 Å². The van der Waals surface area contributed by atoms with Crippen LogP contribution in [0, 0.1) is 0 Å². The van der Waals surface area contributed by atoms with E-state index >= 15 is 0 Å². The van der Waals surface area contributed by atoms with Gasteiger partial charge in [-0.3, -0.25) is 4.79 Å². The summed E-state index contributed by atoms with van der Waals surface area (Å²) >= 11 is 0. The van der Waals surface area contributed by atoms with Gasteiger partial charge in [-0.1, -0.05) is 12.1 Å². The smallest absolute Gasteiger partial charge is 0.371 e. The second kappa shape index (κ2) is 9.41. The van der Waals surface area contributed by atoms with E-state index in [9.17, 15) is 18.0 Å². The number of carbonyl (C=O) groups is 1. The number of nitrogens with zero attached hydrogens (tertiary/aromatic N) is 4. The number of ether oxygens (including phenoxy) is 1. The number of carbonyl (C=O) groups excluding carboxylic acids is 1.